The monoisotopic (exact) mass is 495 g/mol. The zero-order valence-electron chi connectivity index (χ0n) is 21.4. The van der Waals surface area contributed by atoms with Crippen LogP contribution in [-0.2, 0) is 4.79 Å². The number of primary amides is 1. The van der Waals surface area contributed by atoms with E-state index >= 15 is 0 Å². The van der Waals surface area contributed by atoms with Gasteiger partial charge in [0.15, 0.2) is 0 Å². The van der Waals surface area contributed by atoms with Gasteiger partial charge in [0, 0.05) is 25.2 Å². The minimum Gasteiger partial charge on any atom is -0.493 e. The second kappa shape index (κ2) is 11.4. The van der Waals surface area contributed by atoms with E-state index in [2.05, 4.69) is 4.90 Å². The molecule has 2 amide bonds. The van der Waals surface area contributed by atoms with Crippen molar-refractivity contribution in [2.75, 3.05) is 39.3 Å². The molecular weight excluding hydrogens is 457 g/mol. The lowest BCUT2D eigenvalue weighted by molar-refractivity contribution is -0.123. The van der Waals surface area contributed by atoms with Crippen LogP contribution in [0.2, 0.25) is 0 Å². The van der Waals surface area contributed by atoms with Gasteiger partial charge in [0.2, 0.25) is 5.91 Å². The Morgan fingerprint density at radius 2 is 1.58 bits per heavy atom. The van der Waals surface area contributed by atoms with E-state index in [1.54, 1.807) is 18.7 Å². The van der Waals surface area contributed by atoms with Crippen LogP contribution in [0.4, 0.5) is 4.39 Å². The molecule has 0 bridgehead atoms. The number of piperidine rings is 2. The highest BCUT2D eigenvalue weighted by molar-refractivity contribution is 5.95. The predicted molar refractivity (Wildman–Crippen MR) is 140 cm³/mol. The van der Waals surface area contributed by atoms with E-state index < -0.39 is 5.67 Å². The molecule has 0 unspecified atom stereocenters. The van der Waals surface area contributed by atoms with Crippen molar-refractivity contribution in [2.45, 2.75) is 45.2 Å². The van der Waals surface area contributed by atoms with Crippen molar-refractivity contribution in [3.05, 3.63) is 54.1 Å². The number of amides is 2. The van der Waals surface area contributed by atoms with Gasteiger partial charge in [-0.05, 0) is 93.9 Å². The van der Waals surface area contributed by atoms with Crippen LogP contribution < -0.4 is 10.5 Å². The Morgan fingerprint density at radius 3 is 2.17 bits per heavy atom. The highest BCUT2D eigenvalue weighted by atomic mass is 19.1. The van der Waals surface area contributed by atoms with Crippen LogP contribution >= 0.6 is 0 Å². The van der Waals surface area contributed by atoms with Gasteiger partial charge in [-0.15, -0.1) is 0 Å². The topological polar surface area (TPSA) is 75.9 Å². The van der Waals surface area contributed by atoms with Crippen molar-refractivity contribution in [3.8, 4) is 16.9 Å². The molecule has 2 N–H and O–H groups in total. The van der Waals surface area contributed by atoms with Crippen LogP contribution in [0.3, 0.4) is 0 Å². The van der Waals surface area contributed by atoms with Gasteiger partial charge in [-0.25, -0.2) is 4.39 Å². The number of rotatable bonds is 8. The summed E-state index contributed by atoms with van der Waals surface area (Å²) in [5, 5.41) is 0. The molecule has 7 heteroatoms. The smallest absolute Gasteiger partial charge is 0.253 e. The maximum atomic E-state index is 13.9. The third-order valence-corrected chi connectivity index (χ3v) is 7.22. The summed E-state index contributed by atoms with van der Waals surface area (Å²) < 4.78 is 19.9. The molecule has 2 aromatic carbocycles. The normalized spacial score (nSPS) is 19.8. The number of halogens is 1. The second-order valence-electron chi connectivity index (χ2n) is 10.8. The number of nitrogens with two attached hydrogens (primary N) is 1. The average Bonchev–Trinajstić information content (AvgIpc) is 2.87. The Kier molecular flexibility index (Phi) is 8.29. The van der Waals surface area contributed by atoms with Crippen molar-refractivity contribution >= 4 is 11.8 Å². The molecule has 2 saturated heterocycles. The van der Waals surface area contributed by atoms with Gasteiger partial charge >= 0.3 is 0 Å². The number of nitrogens with zero attached hydrogens (tertiary/aromatic N) is 2. The number of carbonyl (C=O) groups excluding carboxylic acids is 2. The largest absolute Gasteiger partial charge is 0.493 e. The molecular formula is C29H38FN3O3. The lowest BCUT2D eigenvalue weighted by atomic mass is 9.96. The molecule has 0 aromatic heterocycles. The minimum atomic E-state index is -1.15. The zero-order valence-corrected chi connectivity index (χ0v) is 21.4. The van der Waals surface area contributed by atoms with Crippen molar-refractivity contribution in [3.63, 3.8) is 0 Å². The molecule has 194 valence electrons. The summed E-state index contributed by atoms with van der Waals surface area (Å²) in [7, 11) is 0. The first kappa shape index (κ1) is 26.1. The number of hydrogen-bond donors (Lipinski definition) is 1. The molecule has 2 heterocycles. The van der Waals surface area contributed by atoms with Crippen molar-refractivity contribution < 1.29 is 18.7 Å². The lowest BCUT2D eigenvalue weighted by Gasteiger charge is -2.34. The quantitative estimate of drug-likeness (QED) is 0.584. The minimum absolute atomic E-state index is 0.0597. The standard InChI is InChI=1S/C29H38FN3O3/c1-29(2,30)20-32-16-13-21(14-17-32)19-36-26-11-9-23(10-12-26)22-5-7-24(8-6-22)28(35)33-15-3-4-25(18-33)27(31)34/h5-12,21,25H,3-4,13-20H2,1-2H3,(H2,31,34)/t25-/m1/s1. The molecule has 0 aliphatic carbocycles. The third-order valence-electron chi connectivity index (χ3n) is 7.22. The highest BCUT2D eigenvalue weighted by Gasteiger charge is 2.28. The first-order chi connectivity index (χ1) is 17.2. The van der Waals surface area contributed by atoms with E-state index in [0.29, 0.717) is 37.7 Å². The second-order valence-corrected chi connectivity index (χ2v) is 10.8. The van der Waals surface area contributed by atoms with E-state index in [9.17, 15) is 14.0 Å². The molecule has 2 aliphatic heterocycles. The fourth-order valence-electron chi connectivity index (χ4n) is 5.18. The molecule has 1 atom stereocenters. The summed E-state index contributed by atoms with van der Waals surface area (Å²) in [5.74, 6) is 0.678. The molecule has 0 saturated carbocycles. The van der Waals surface area contributed by atoms with Gasteiger partial charge < -0.3 is 20.3 Å². The summed E-state index contributed by atoms with van der Waals surface area (Å²) in [5.41, 5.74) is 6.99. The van der Waals surface area contributed by atoms with E-state index in [1.807, 2.05) is 48.5 Å². The van der Waals surface area contributed by atoms with Crippen molar-refractivity contribution in [2.24, 2.45) is 17.6 Å². The van der Waals surface area contributed by atoms with Gasteiger partial charge in [0.05, 0.1) is 12.5 Å². The van der Waals surface area contributed by atoms with Gasteiger partial charge in [0.25, 0.3) is 5.91 Å². The summed E-state index contributed by atoms with van der Waals surface area (Å²) >= 11 is 0. The first-order valence-corrected chi connectivity index (χ1v) is 13.0. The summed E-state index contributed by atoms with van der Waals surface area (Å²) in [6.07, 6.45) is 3.60. The Bertz CT molecular complexity index is 1030. The van der Waals surface area contributed by atoms with Gasteiger partial charge in [-0.3, -0.25) is 9.59 Å². The number of ether oxygens (including phenoxy) is 1. The zero-order chi connectivity index (χ0) is 25.7. The Labute approximate surface area is 213 Å². The molecule has 36 heavy (non-hydrogen) atoms. The lowest BCUT2D eigenvalue weighted by Crippen LogP contribution is -2.44. The molecule has 2 aliphatic rings. The predicted octanol–water partition coefficient (Wildman–Crippen LogP) is 4.53. The fraction of sp³-hybridized carbons (Fsp3) is 0.517. The van der Waals surface area contributed by atoms with Gasteiger partial charge in [0.1, 0.15) is 11.4 Å². The Balaban J connectivity index is 1.27. The highest BCUT2D eigenvalue weighted by Crippen LogP contribution is 2.26. The first-order valence-electron chi connectivity index (χ1n) is 13.0. The SMILES string of the molecule is CC(C)(F)CN1CCC(COc2ccc(-c3ccc(C(=O)N4CCC[C@@H](C(N)=O)C4)cc3)cc2)CC1. The van der Waals surface area contributed by atoms with E-state index in [1.165, 1.54) is 0 Å². The van der Waals surface area contributed by atoms with Crippen LogP contribution in [0.15, 0.2) is 48.5 Å². The maximum Gasteiger partial charge on any atom is 0.253 e. The number of hydrogen-bond acceptors (Lipinski definition) is 4. The number of likely N-dealkylation sites (tertiary alicyclic amines) is 2. The number of benzene rings is 2. The summed E-state index contributed by atoms with van der Waals surface area (Å²) in [4.78, 5) is 28.3. The Morgan fingerprint density at radius 1 is 0.972 bits per heavy atom. The fourth-order valence-corrected chi connectivity index (χ4v) is 5.18. The summed E-state index contributed by atoms with van der Waals surface area (Å²) in [6.45, 7) is 7.33. The summed E-state index contributed by atoms with van der Waals surface area (Å²) in [6, 6.07) is 15.6. The molecule has 4 rings (SSSR count). The number of carbonyl (C=O) groups is 2. The van der Waals surface area contributed by atoms with E-state index in [-0.39, 0.29) is 17.7 Å². The molecule has 6 nitrogen and oxygen atoms in total. The van der Waals surface area contributed by atoms with Crippen LogP contribution in [0, 0.1) is 11.8 Å². The van der Waals surface area contributed by atoms with Gasteiger partial charge in [-0.1, -0.05) is 24.3 Å². The molecule has 2 fully saturated rings. The van der Waals surface area contributed by atoms with E-state index in [0.717, 1.165) is 55.6 Å². The van der Waals surface area contributed by atoms with Crippen molar-refractivity contribution in [1.82, 2.24) is 9.80 Å². The van der Waals surface area contributed by atoms with E-state index in [4.69, 9.17) is 10.5 Å². The third kappa shape index (κ3) is 7.06. The van der Waals surface area contributed by atoms with Crippen LogP contribution in [0.5, 0.6) is 5.75 Å². The van der Waals surface area contributed by atoms with Crippen LogP contribution in [-0.4, -0.2) is 66.6 Å². The molecule has 0 radical (unpaired) electrons. The van der Waals surface area contributed by atoms with Crippen molar-refractivity contribution in [1.29, 1.82) is 0 Å². The van der Waals surface area contributed by atoms with Crippen LogP contribution in [0.1, 0.15) is 49.9 Å². The molecule has 2 aromatic rings. The maximum absolute atomic E-state index is 13.9. The van der Waals surface area contributed by atoms with Crippen LogP contribution in [0.25, 0.3) is 11.1 Å². The Hall–Kier alpha value is -2.93. The number of alkyl halides is 1. The molecule has 0 spiro atoms. The average molecular weight is 496 g/mol. The van der Waals surface area contributed by atoms with Gasteiger partial charge in [-0.2, -0.15) is 0 Å².